The Hall–Kier alpha value is -3.07. The summed E-state index contributed by atoms with van der Waals surface area (Å²) in [5.74, 6) is 2.72. The first-order valence-corrected chi connectivity index (χ1v) is 9.60. The van der Waals surface area contributed by atoms with Gasteiger partial charge in [-0.2, -0.15) is 4.98 Å². The number of fused-ring (bicyclic) bond motifs is 1. The number of anilines is 3. The van der Waals surface area contributed by atoms with Crippen LogP contribution in [-0.4, -0.2) is 77.4 Å². The minimum absolute atomic E-state index is 0.730. The number of nitrogens with zero attached hydrogens (tertiary/aromatic N) is 8. The zero-order valence-corrected chi connectivity index (χ0v) is 15.6. The highest BCUT2D eigenvalue weighted by molar-refractivity contribution is 5.86. The molecule has 2 fully saturated rings. The summed E-state index contributed by atoms with van der Waals surface area (Å²) >= 11 is 0. The molecule has 9 heteroatoms. The van der Waals surface area contributed by atoms with Gasteiger partial charge in [0.25, 0.3) is 0 Å². The summed E-state index contributed by atoms with van der Waals surface area (Å²) in [6.45, 7) is 6.65. The predicted molar refractivity (Wildman–Crippen MR) is 107 cm³/mol. The number of pyridine rings is 1. The highest BCUT2D eigenvalue weighted by Crippen LogP contribution is 2.24. The molecule has 3 aromatic heterocycles. The molecule has 2 saturated heterocycles. The number of hydrogen-bond donors (Lipinski definition) is 0. The Balaban J connectivity index is 1.31. The smallest absolute Gasteiger partial charge is 0.227 e. The van der Waals surface area contributed by atoms with Gasteiger partial charge in [-0.05, 0) is 18.2 Å². The lowest BCUT2D eigenvalue weighted by molar-refractivity contribution is 0.122. The molecule has 28 heavy (non-hydrogen) atoms. The summed E-state index contributed by atoms with van der Waals surface area (Å²) in [7, 11) is 0. The highest BCUT2D eigenvalue weighted by atomic mass is 16.5. The fourth-order valence-electron chi connectivity index (χ4n) is 3.71. The Bertz CT molecular complexity index is 948. The van der Waals surface area contributed by atoms with E-state index in [4.69, 9.17) is 9.72 Å². The highest BCUT2D eigenvalue weighted by Gasteiger charge is 2.22. The Morgan fingerprint density at radius 1 is 0.750 bits per heavy atom. The minimum atomic E-state index is 0.730. The number of ether oxygens (including phenoxy) is 1. The monoisotopic (exact) mass is 378 g/mol. The van der Waals surface area contributed by atoms with Crippen LogP contribution < -0.4 is 14.7 Å². The van der Waals surface area contributed by atoms with E-state index in [1.807, 2.05) is 24.4 Å². The Labute approximate surface area is 163 Å². The van der Waals surface area contributed by atoms with Gasteiger partial charge >= 0.3 is 0 Å². The van der Waals surface area contributed by atoms with E-state index in [0.29, 0.717) is 0 Å². The van der Waals surface area contributed by atoms with Crippen LogP contribution in [0.5, 0.6) is 0 Å². The van der Waals surface area contributed by atoms with Crippen LogP contribution >= 0.6 is 0 Å². The molecule has 0 aliphatic carbocycles. The molecule has 144 valence electrons. The van der Waals surface area contributed by atoms with E-state index in [1.165, 1.54) is 0 Å². The van der Waals surface area contributed by atoms with Gasteiger partial charge in [-0.25, -0.2) is 19.9 Å². The van der Waals surface area contributed by atoms with Crippen LogP contribution in [0.25, 0.3) is 11.0 Å². The third-order valence-corrected chi connectivity index (χ3v) is 5.21. The van der Waals surface area contributed by atoms with Gasteiger partial charge in [0.15, 0.2) is 5.65 Å². The molecule has 0 atom stereocenters. The summed E-state index contributed by atoms with van der Waals surface area (Å²) < 4.78 is 5.42. The molecule has 0 bridgehead atoms. The molecule has 0 radical (unpaired) electrons. The van der Waals surface area contributed by atoms with Crippen molar-refractivity contribution in [3.05, 3.63) is 36.9 Å². The molecule has 3 aromatic rings. The maximum atomic E-state index is 5.42. The van der Waals surface area contributed by atoms with Gasteiger partial charge in [0, 0.05) is 51.7 Å². The third kappa shape index (κ3) is 3.29. The predicted octanol–water partition coefficient (Wildman–Crippen LogP) is 0.978. The first-order chi connectivity index (χ1) is 13.9. The third-order valence-electron chi connectivity index (χ3n) is 5.21. The Morgan fingerprint density at radius 2 is 1.57 bits per heavy atom. The second-order valence-corrected chi connectivity index (χ2v) is 6.86. The van der Waals surface area contributed by atoms with Crippen LogP contribution in [0.2, 0.25) is 0 Å². The molecule has 9 nitrogen and oxygen atoms in total. The maximum absolute atomic E-state index is 5.42. The summed E-state index contributed by atoms with van der Waals surface area (Å²) in [4.78, 5) is 29.2. The number of piperazine rings is 1. The average Bonchev–Trinajstić information content (AvgIpc) is 2.79. The first kappa shape index (κ1) is 17.1. The standard InChI is InChI=1S/C19H22N8O/c1-2-15-17(20-4-1)22-14-23-18(15)26-8-6-25(7-9-26)16-3-5-21-19(24-16)27-10-12-28-13-11-27/h1-5,14H,6-13H2. The number of hydrogen-bond acceptors (Lipinski definition) is 9. The van der Waals surface area contributed by atoms with Crippen molar-refractivity contribution in [3.8, 4) is 0 Å². The van der Waals surface area contributed by atoms with Crippen LogP contribution in [0, 0.1) is 0 Å². The van der Waals surface area contributed by atoms with E-state index < -0.39 is 0 Å². The van der Waals surface area contributed by atoms with Gasteiger partial charge in [0.1, 0.15) is 18.0 Å². The largest absolute Gasteiger partial charge is 0.378 e. The zero-order valence-electron chi connectivity index (χ0n) is 15.6. The Morgan fingerprint density at radius 3 is 2.43 bits per heavy atom. The molecule has 2 aliphatic heterocycles. The molecular weight excluding hydrogens is 356 g/mol. The van der Waals surface area contributed by atoms with Crippen LogP contribution in [0.1, 0.15) is 0 Å². The summed E-state index contributed by atoms with van der Waals surface area (Å²) in [6, 6.07) is 5.95. The van der Waals surface area contributed by atoms with Gasteiger partial charge < -0.3 is 19.4 Å². The molecule has 5 heterocycles. The topological polar surface area (TPSA) is 83.4 Å². The average molecular weight is 378 g/mol. The zero-order chi connectivity index (χ0) is 18.8. The molecule has 0 amide bonds. The van der Waals surface area contributed by atoms with Crippen LogP contribution in [-0.2, 0) is 4.74 Å². The molecule has 5 rings (SSSR count). The van der Waals surface area contributed by atoms with Gasteiger partial charge in [0.2, 0.25) is 5.95 Å². The molecule has 0 N–H and O–H groups in total. The molecule has 0 spiro atoms. The summed E-state index contributed by atoms with van der Waals surface area (Å²) in [5.41, 5.74) is 0.737. The number of morpholine rings is 1. The lowest BCUT2D eigenvalue weighted by Gasteiger charge is -2.36. The van der Waals surface area contributed by atoms with E-state index in [9.17, 15) is 0 Å². The second kappa shape index (κ2) is 7.51. The van der Waals surface area contributed by atoms with Gasteiger partial charge in [0.05, 0.1) is 18.6 Å². The number of rotatable bonds is 3. The molecule has 0 aromatic carbocycles. The van der Waals surface area contributed by atoms with Crippen molar-refractivity contribution in [2.24, 2.45) is 0 Å². The van der Waals surface area contributed by atoms with Crippen molar-refractivity contribution in [1.29, 1.82) is 0 Å². The van der Waals surface area contributed by atoms with E-state index in [1.54, 1.807) is 12.5 Å². The molecule has 0 saturated carbocycles. The minimum Gasteiger partial charge on any atom is -0.378 e. The first-order valence-electron chi connectivity index (χ1n) is 9.60. The van der Waals surface area contributed by atoms with Crippen LogP contribution in [0.3, 0.4) is 0 Å². The Kier molecular flexibility index (Phi) is 4.58. The quantitative estimate of drug-likeness (QED) is 0.662. The van der Waals surface area contributed by atoms with Crippen LogP contribution in [0.4, 0.5) is 17.6 Å². The van der Waals surface area contributed by atoms with Crippen molar-refractivity contribution in [3.63, 3.8) is 0 Å². The number of aromatic nitrogens is 5. The normalized spacial score (nSPS) is 17.9. The summed E-state index contributed by atoms with van der Waals surface area (Å²) in [5, 5.41) is 0.995. The fourth-order valence-corrected chi connectivity index (χ4v) is 3.71. The van der Waals surface area contributed by atoms with Crippen molar-refractivity contribution < 1.29 is 4.74 Å². The maximum Gasteiger partial charge on any atom is 0.227 e. The van der Waals surface area contributed by atoms with Gasteiger partial charge in [-0.3, -0.25) is 0 Å². The van der Waals surface area contributed by atoms with Crippen molar-refractivity contribution in [2.75, 3.05) is 67.2 Å². The molecular formula is C19H22N8O. The molecule has 0 unspecified atom stereocenters. The van der Waals surface area contributed by atoms with E-state index in [2.05, 4.69) is 34.6 Å². The van der Waals surface area contributed by atoms with E-state index in [0.717, 1.165) is 81.1 Å². The SMILES string of the molecule is c1cnc2ncnc(N3CCN(c4ccnc(N5CCOCC5)n4)CC3)c2c1. The summed E-state index contributed by atoms with van der Waals surface area (Å²) in [6.07, 6.45) is 5.21. The van der Waals surface area contributed by atoms with Gasteiger partial charge in [-0.15, -0.1) is 0 Å². The lowest BCUT2D eigenvalue weighted by atomic mass is 10.2. The van der Waals surface area contributed by atoms with Crippen molar-refractivity contribution in [1.82, 2.24) is 24.9 Å². The fraction of sp³-hybridized carbons (Fsp3) is 0.421. The van der Waals surface area contributed by atoms with Gasteiger partial charge in [-0.1, -0.05) is 0 Å². The van der Waals surface area contributed by atoms with Crippen molar-refractivity contribution >= 4 is 28.6 Å². The molecule has 2 aliphatic rings. The van der Waals surface area contributed by atoms with Crippen molar-refractivity contribution in [2.45, 2.75) is 0 Å². The van der Waals surface area contributed by atoms with E-state index >= 15 is 0 Å². The second-order valence-electron chi connectivity index (χ2n) is 6.86. The van der Waals surface area contributed by atoms with Crippen LogP contribution in [0.15, 0.2) is 36.9 Å². The lowest BCUT2D eigenvalue weighted by Crippen LogP contribution is -2.47. The van der Waals surface area contributed by atoms with E-state index in [-0.39, 0.29) is 0 Å².